The maximum Gasteiger partial charge on any atom is 0.356 e. The molecule has 0 aliphatic carbocycles. The van der Waals surface area contributed by atoms with E-state index in [1.54, 1.807) is 75.3 Å². The van der Waals surface area contributed by atoms with Crippen LogP contribution in [0.3, 0.4) is 0 Å². The van der Waals surface area contributed by atoms with Gasteiger partial charge in [0.1, 0.15) is 23.1 Å². The van der Waals surface area contributed by atoms with Gasteiger partial charge in [-0.1, -0.05) is 103 Å². The first kappa shape index (κ1) is 64.3. The number of nitrogens with zero attached hydrogens (tertiary/aromatic N) is 9. The maximum atomic E-state index is 13.7. The molecule has 0 aliphatic heterocycles. The summed E-state index contributed by atoms with van der Waals surface area (Å²) in [7, 11) is 7.44. The first-order valence-electron chi connectivity index (χ1n) is 27.4. The Bertz CT molecular complexity index is 4140. The minimum Gasteiger partial charge on any atom is -0.477 e. The van der Waals surface area contributed by atoms with Gasteiger partial charge in [0.05, 0.1) is 28.9 Å². The number of aromatic carboxylic acids is 1. The number of thioether (sulfide) groups is 1. The Morgan fingerprint density at radius 1 is 0.625 bits per heavy atom. The highest BCUT2D eigenvalue weighted by molar-refractivity contribution is 8.00. The topological polar surface area (TPSA) is 191 Å². The molecular weight excluding hydrogens is 1180 g/mol. The van der Waals surface area contributed by atoms with Gasteiger partial charge in [0.2, 0.25) is 0 Å². The Morgan fingerprint density at radius 2 is 1.03 bits per heavy atom. The Labute approximate surface area is 520 Å². The first-order valence-corrected chi connectivity index (χ1v) is 29.1. The lowest BCUT2D eigenvalue weighted by Crippen LogP contribution is -2.28. The van der Waals surface area contributed by atoms with Crippen LogP contribution in [0.25, 0.3) is 17.1 Å². The van der Waals surface area contributed by atoms with Gasteiger partial charge in [-0.2, -0.15) is 10.2 Å². The van der Waals surface area contributed by atoms with Gasteiger partial charge in [0, 0.05) is 87.2 Å². The third-order valence-corrected chi connectivity index (χ3v) is 15.7. The molecule has 5 aromatic heterocycles. The minimum atomic E-state index is -1.11. The normalized spacial score (nSPS) is 10.9. The molecule has 0 aliphatic rings. The predicted octanol–water partition coefficient (Wildman–Crippen LogP) is 13.1. The van der Waals surface area contributed by atoms with Crippen LogP contribution in [-0.4, -0.2) is 96.8 Å². The highest BCUT2D eigenvalue weighted by Crippen LogP contribution is 2.51. The first-order chi connectivity index (χ1) is 42.3. The van der Waals surface area contributed by atoms with Crippen LogP contribution in [0.1, 0.15) is 77.6 Å². The monoisotopic (exact) mass is 1240 g/mol. The second-order valence-electron chi connectivity index (χ2n) is 19.7. The molecule has 0 unspecified atom stereocenters. The number of aromatic nitrogens is 10. The number of rotatable bonds is 16. The van der Waals surface area contributed by atoms with E-state index in [2.05, 4.69) is 66.9 Å². The van der Waals surface area contributed by atoms with E-state index in [9.17, 15) is 32.7 Å². The van der Waals surface area contributed by atoms with Crippen LogP contribution in [0.4, 0.5) is 13.2 Å². The Kier molecular flexibility index (Phi) is 21.6. The van der Waals surface area contributed by atoms with Crippen molar-refractivity contribution in [2.75, 3.05) is 20.7 Å². The van der Waals surface area contributed by atoms with E-state index in [4.69, 9.17) is 29.2 Å². The molecule has 1 amide bonds. The smallest absolute Gasteiger partial charge is 0.356 e. The molecule has 0 fully saturated rings. The fourth-order valence-electron chi connectivity index (χ4n) is 9.51. The molecule has 11 aromatic rings. The standard InChI is InChI=1S/C29H21FN2O2S.C17H18FN5OS.C12H11FN2O2S.C7H13N3/c30-24-16-18-25(19-17-24)32-26(27(33)34)20-31-28(32)35-29(21-10-4-1-5-11-21,22-12-6-2-7-13-22)23-14-8-3-9-15-23;1-11-12(10-22(3)20-11)9-21(2)16(24)15-8-19-17(25)23(15)14-6-4-13(18)5-7-14;1-2-17-11(16)10-7-14-12(18)15(10)9-5-3-8(13)4-6-9;1-6-7(4-8-2)5-10(3)9-6/h1-20H,(H,33,34);4-8,10H,9H2,1-3H3,(H,19,25);3-7H,2H2,1H3,(H,14,18);5,8H,4H2,1-3H3. The molecule has 0 atom stereocenters. The molecule has 88 heavy (non-hydrogen) atoms. The van der Waals surface area contributed by atoms with Gasteiger partial charge in [-0.25, -0.2) is 27.7 Å². The summed E-state index contributed by atoms with van der Waals surface area (Å²) in [4.78, 5) is 48.5. The van der Waals surface area contributed by atoms with Crippen LogP contribution in [0.15, 0.2) is 200 Å². The van der Waals surface area contributed by atoms with Crippen molar-refractivity contribution in [3.05, 3.63) is 278 Å². The lowest BCUT2D eigenvalue weighted by atomic mass is 9.84. The summed E-state index contributed by atoms with van der Waals surface area (Å²) in [5.74, 6) is -2.87. The van der Waals surface area contributed by atoms with Gasteiger partial charge in [0.25, 0.3) is 5.91 Å². The number of hydrogen-bond donors (Lipinski definition) is 4. The SMILES string of the molecule is CCOC(=O)c1c[nH]c(=S)n1-c1ccc(F)cc1.CNCc1cn(C)nc1C.Cc1nn(C)cc1CN(C)C(=O)c1c[nH]c(=S)n1-c1ccc(F)cc1.O=C(O)c1cnc(SC(c2ccccc2)(c2ccccc2)c2ccccc2)n1-c1ccc(F)cc1. The van der Waals surface area contributed by atoms with E-state index in [1.807, 2.05) is 107 Å². The molecule has 0 spiro atoms. The van der Waals surface area contributed by atoms with Crippen LogP contribution in [0.5, 0.6) is 0 Å². The average molecular weight is 1250 g/mol. The second kappa shape index (κ2) is 29.6. The number of hydrogen-bond acceptors (Lipinski definition) is 11. The fraction of sp³-hybridized carbons (Fsp3) is 0.169. The summed E-state index contributed by atoms with van der Waals surface area (Å²) >= 11 is 11.8. The number of carboxylic acid groups (broad SMARTS) is 1. The molecule has 6 aromatic carbocycles. The highest BCUT2D eigenvalue weighted by atomic mass is 32.2. The number of ether oxygens (including phenoxy) is 1. The third kappa shape index (κ3) is 15.3. The van der Waals surface area contributed by atoms with E-state index in [1.165, 1.54) is 70.7 Å². The third-order valence-electron chi connectivity index (χ3n) is 13.6. The van der Waals surface area contributed by atoms with Crippen molar-refractivity contribution >= 4 is 54.0 Å². The van der Waals surface area contributed by atoms with Crippen molar-refractivity contribution in [2.24, 2.45) is 14.1 Å². The summed E-state index contributed by atoms with van der Waals surface area (Å²) < 4.78 is 52.9. The summed E-state index contributed by atoms with van der Waals surface area (Å²) in [6.45, 7) is 7.26. The average Bonchev–Trinajstić information content (AvgIpc) is 1.16. The van der Waals surface area contributed by atoms with Crippen molar-refractivity contribution in [1.82, 2.24) is 58.4 Å². The summed E-state index contributed by atoms with van der Waals surface area (Å²) in [6.07, 6.45) is 8.32. The van der Waals surface area contributed by atoms with E-state index in [0.717, 1.165) is 40.2 Å². The summed E-state index contributed by atoms with van der Waals surface area (Å²) in [5.41, 5.74) is 9.72. The van der Waals surface area contributed by atoms with Gasteiger partial charge in [-0.3, -0.25) is 27.9 Å². The number of carbonyl (C=O) groups excluding carboxylic acids is 2. The summed E-state index contributed by atoms with van der Waals surface area (Å²) in [5, 5.41) is 22.0. The molecule has 0 saturated heterocycles. The van der Waals surface area contributed by atoms with Crippen LogP contribution >= 0.6 is 36.2 Å². The highest BCUT2D eigenvalue weighted by Gasteiger charge is 2.40. The molecule has 17 nitrogen and oxygen atoms in total. The maximum absolute atomic E-state index is 13.7. The van der Waals surface area contributed by atoms with Crippen molar-refractivity contribution in [3.8, 4) is 17.1 Å². The van der Waals surface area contributed by atoms with Crippen LogP contribution in [-0.2, 0) is 36.7 Å². The summed E-state index contributed by atoms with van der Waals surface area (Å²) in [6, 6.07) is 47.5. The number of aryl methyl sites for hydroxylation is 4. The van der Waals surface area contributed by atoms with Gasteiger partial charge in [0.15, 0.2) is 26.1 Å². The molecule has 452 valence electrons. The second-order valence-corrected chi connectivity index (χ2v) is 21.7. The Balaban J connectivity index is 0.000000165. The predicted molar refractivity (Wildman–Crippen MR) is 338 cm³/mol. The molecule has 23 heteroatoms. The zero-order chi connectivity index (χ0) is 63.1. The van der Waals surface area contributed by atoms with E-state index in [0.29, 0.717) is 44.0 Å². The number of aromatic amines is 2. The van der Waals surface area contributed by atoms with Gasteiger partial charge >= 0.3 is 11.9 Å². The number of halogens is 3. The van der Waals surface area contributed by atoms with E-state index in [-0.39, 0.29) is 35.5 Å². The molecule has 0 bridgehead atoms. The quantitative estimate of drug-likeness (QED) is 0.0310. The number of amides is 1. The zero-order valence-electron chi connectivity index (χ0n) is 49.1. The van der Waals surface area contributed by atoms with Gasteiger partial charge in [-0.15, -0.1) is 0 Å². The molecule has 4 N–H and O–H groups in total. The van der Waals surface area contributed by atoms with Gasteiger partial charge < -0.3 is 30.0 Å². The van der Waals surface area contributed by atoms with Crippen molar-refractivity contribution in [1.29, 1.82) is 0 Å². The number of carbonyl (C=O) groups is 3. The molecule has 11 rings (SSSR count). The zero-order valence-corrected chi connectivity index (χ0v) is 51.5. The number of imidazole rings is 3. The number of nitrogens with one attached hydrogen (secondary N) is 3. The van der Waals surface area contributed by atoms with E-state index < -0.39 is 22.5 Å². The largest absolute Gasteiger partial charge is 0.477 e. The Hall–Kier alpha value is -9.68. The molecular formula is C65H63F3N12O5S3. The van der Waals surface area contributed by atoms with Crippen LogP contribution < -0.4 is 5.32 Å². The van der Waals surface area contributed by atoms with Crippen molar-refractivity contribution in [2.45, 2.75) is 43.8 Å². The van der Waals surface area contributed by atoms with Crippen molar-refractivity contribution < 1.29 is 37.4 Å². The molecule has 0 radical (unpaired) electrons. The number of carboxylic acids is 1. The fourth-order valence-corrected chi connectivity index (χ4v) is 11.5. The lowest BCUT2D eigenvalue weighted by Gasteiger charge is -2.35. The number of H-pyrrole nitrogens is 2. The lowest BCUT2D eigenvalue weighted by molar-refractivity contribution is 0.0516. The molecule has 5 heterocycles. The molecule has 0 saturated carbocycles. The Morgan fingerprint density at radius 3 is 1.43 bits per heavy atom. The van der Waals surface area contributed by atoms with Crippen molar-refractivity contribution in [3.63, 3.8) is 0 Å². The number of benzene rings is 6. The van der Waals surface area contributed by atoms with E-state index >= 15 is 0 Å². The minimum absolute atomic E-state index is 0.00203. The van der Waals surface area contributed by atoms with Crippen LogP contribution in [0, 0.1) is 40.8 Å². The van der Waals surface area contributed by atoms with Gasteiger partial charge in [-0.05, 0) is 142 Å². The van der Waals surface area contributed by atoms with Crippen LogP contribution in [0.2, 0.25) is 0 Å². The number of esters is 1.